The molecular formula is C27H22N4O4S. The first-order valence-electron chi connectivity index (χ1n) is 11.5. The zero-order chi connectivity index (χ0) is 24.5. The molecule has 0 atom stereocenters. The lowest BCUT2D eigenvalue weighted by molar-refractivity contribution is -0.118. The van der Waals surface area contributed by atoms with Gasteiger partial charge >= 0.3 is 0 Å². The minimum Gasteiger partial charge on any atom is -0.486 e. The Bertz CT molecular complexity index is 1570. The van der Waals surface area contributed by atoms with Gasteiger partial charge in [0.1, 0.15) is 19.0 Å². The number of nitrogens with one attached hydrogen (secondary N) is 1. The van der Waals surface area contributed by atoms with Crippen LogP contribution in [-0.2, 0) is 4.79 Å². The summed E-state index contributed by atoms with van der Waals surface area (Å²) in [6.45, 7) is 3.13. The van der Waals surface area contributed by atoms with Crippen LogP contribution in [0.1, 0.15) is 11.1 Å². The fourth-order valence-electron chi connectivity index (χ4n) is 4.00. The number of ether oxygens (including phenoxy) is 3. The van der Waals surface area contributed by atoms with Crippen LogP contribution in [0.4, 0.5) is 11.4 Å². The molecule has 0 saturated carbocycles. The highest BCUT2D eigenvalue weighted by Crippen LogP contribution is 2.33. The third-order valence-corrected chi connectivity index (χ3v) is 6.52. The average Bonchev–Trinajstić information content (AvgIpc) is 3.29. The lowest BCUT2D eigenvalue weighted by Crippen LogP contribution is -2.25. The molecule has 1 N–H and O–H groups in total. The Labute approximate surface area is 211 Å². The minimum absolute atomic E-state index is 0.0180. The van der Waals surface area contributed by atoms with Gasteiger partial charge in [-0.25, -0.2) is 9.67 Å². The largest absolute Gasteiger partial charge is 0.486 e. The van der Waals surface area contributed by atoms with Crippen LogP contribution in [0.3, 0.4) is 0 Å². The van der Waals surface area contributed by atoms with Crippen LogP contribution < -0.4 is 24.3 Å². The zero-order valence-corrected chi connectivity index (χ0v) is 20.2. The maximum absolute atomic E-state index is 11.8. The molecule has 36 heavy (non-hydrogen) atoms. The number of aryl methyl sites for hydroxylation is 1. The van der Waals surface area contributed by atoms with Crippen molar-refractivity contribution in [2.75, 3.05) is 25.1 Å². The number of fused-ring (bicyclic) bond motifs is 2. The van der Waals surface area contributed by atoms with Crippen molar-refractivity contribution in [3.05, 3.63) is 82.0 Å². The van der Waals surface area contributed by atoms with E-state index in [9.17, 15) is 4.79 Å². The van der Waals surface area contributed by atoms with Crippen LogP contribution in [0.15, 0.2) is 76.1 Å². The molecule has 9 heteroatoms. The van der Waals surface area contributed by atoms with Crippen LogP contribution in [0.25, 0.3) is 11.3 Å². The van der Waals surface area contributed by atoms with E-state index in [1.54, 1.807) is 10.9 Å². The van der Waals surface area contributed by atoms with Gasteiger partial charge in [-0.05, 0) is 66.6 Å². The number of hydrogen-bond acceptors (Lipinski definition) is 7. The van der Waals surface area contributed by atoms with Crippen molar-refractivity contribution >= 4 is 34.8 Å². The molecule has 4 aromatic rings. The first-order chi connectivity index (χ1) is 17.6. The maximum atomic E-state index is 11.8. The Hall–Kier alpha value is -4.37. The number of aromatic nitrogens is 1. The Morgan fingerprint density at radius 1 is 0.972 bits per heavy atom. The predicted molar refractivity (Wildman–Crippen MR) is 139 cm³/mol. The van der Waals surface area contributed by atoms with Gasteiger partial charge in [-0.1, -0.05) is 12.1 Å². The van der Waals surface area contributed by atoms with E-state index in [-0.39, 0.29) is 12.5 Å². The Balaban J connectivity index is 1.44. The van der Waals surface area contributed by atoms with Crippen molar-refractivity contribution in [3.63, 3.8) is 0 Å². The van der Waals surface area contributed by atoms with Crippen LogP contribution in [-0.4, -0.2) is 36.6 Å². The summed E-state index contributed by atoms with van der Waals surface area (Å²) < 4.78 is 18.7. The molecule has 1 aromatic heterocycles. The monoisotopic (exact) mass is 498 g/mol. The quantitative estimate of drug-likeness (QED) is 0.412. The molecule has 2 aliphatic rings. The van der Waals surface area contributed by atoms with E-state index in [1.807, 2.05) is 73.0 Å². The van der Waals surface area contributed by atoms with Gasteiger partial charge in [0.05, 0.1) is 23.3 Å². The molecule has 8 nitrogen and oxygen atoms in total. The van der Waals surface area contributed by atoms with Gasteiger partial charge in [0.2, 0.25) is 4.80 Å². The molecule has 0 fully saturated rings. The third-order valence-electron chi connectivity index (χ3n) is 5.71. The number of amides is 1. The second kappa shape index (κ2) is 9.35. The summed E-state index contributed by atoms with van der Waals surface area (Å²) in [5, 5.41) is 9.68. The summed E-state index contributed by atoms with van der Waals surface area (Å²) in [5.74, 6) is 1.90. The van der Waals surface area contributed by atoms with Gasteiger partial charge in [0.15, 0.2) is 18.1 Å². The van der Waals surface area contributed by atoms with E-state index < -0.39 is 0 Å². The standard InChI is InChI=1S/C27H22N4O4S/c1-17-3-2-4-20(11-17)29-27-31(28-14-18-5-7-24-25(12-18)34-10-9-33-24)22(16-36-27)19-6-8-23-21(13-19)30-26(32)15-35-23/h2-8,11-14,16H,9-10,15H2,1H3,(H,30,32)/b28-14-,29-27?. The summed E-state index contributed by atoms with van der Waals surface area (Å²) >= 11 is 1.49. The van der Waals surface area contributed by atoms with Gasteiger partial charge in [0, 0.05) is 10.9 Å². The first kappa shape index (κ1) is 22.1. The lowest BCUT2D eigenvalue weighted by Gasteiger charge is -2.18. The second-order valence-corrected chi connectivity index (χ2v) is 9.20. The molecule has 0 spiro atoms. The summed E-state index contributed by atoms with van der Waals surface area (Å²) in [4.78, 5) is 17.4. The van der Waals surface area contributed by atoms with Gasteiger partial charge in [-0.15, -0.1) is 11.3 Å². The number of rotatable bonds is 4. The van der Waals surface area contributed by atoms with Crippen molar-refractivity contribution < 1.29 is 19.0 Å². The smallest absolute Gasteiger partial charge is 0.262 e. The molecule has 1 amide bonds. The third kappa shape index (κ3) is 4.48. The number of thiazole rings is 1. The molecule has 180 valence electrons. The van der Waals surface area contributed by atoms with Crippen LogP contribution in [0.5, 0.6) is 17.2 Å². The Kier molecular flexibility index (Phi) is 5.74. The van der Waals surface area contributed by atoms with Crippen molar-refractivity contribution in [2.45, 2.75) is 6.92 Å². The normalized spacial score (nSPS) is 14.9. The highest BCUT2D eigenvalue weighted by molar-refractivity contribution is 7.07. The van der Waals surface area contributed by atoms with Crippen LogP contribution >= 0.6 is 11.3 Å². The molecule has 6 rings (SSSR count). The topological polar surface area (TPSA) is 86.4 Å². The lowest BCUT2D eigenvalue weighted by atomic mass is 10.1. The summed E-state index contributed by atoms with van der Waals surface area (Å²) in [5.41, 5.74) is 5.19. The molecule has 0 bridgehead atoms. The number of hydrogen-bond donors (Lipinski definition) is 1. The fourth-order valence-corrected chi connectivity index (χ4v) is 4.86. The average molecular weight is 499 g/mol. The zero-order valence-electron chi connectivity index (χ0n) is 19.4. The number of nitrogens with zero attached hydrogens (tertiary/aromatic N) is 3. The predicted octanol–water partition coefficient (Wildman–Crippen LogP) is 4.74. The molecule has 3 aromatic carbocycles. The molecule has 0 unspecified atom stereocenters. The number of benzene rings is 3. The van der Waals surface area contributed by atoms with E-state index >= 15 is 0 Å². The van der Waals surface area contributed by atoms with E-state index in [4.69, 9.17) is 24.3 Å². The fraction of sp³-hybridized carbons (Fsp3) is 0.148. The number of carbonyl (C=O) groups is 1. The van der Waals surface area contributed by atoms with E-state index in [0.717, 1.165) is 33.8 Å². The molecule has 2 aliphatic heterocycles. The summed E-state index contributed by atoms with van der Waals surface area (Å²) in [6, 6.07) is 19.4. The van der Waals surface area contributed by atoms with Crippen LogP contribution in [0.2, 0.25) is 0 Å². The van der Waals surface area contributed by atoms with E-state index in [1.165, 1.54) is 11.3 Å². The van der Waals surface area contributed by atoms with Crippen molar-refractivity contribution in [3.8, 4) is 28.5 Å². The van der Waals surface area contributed by atoms with Crippen LogP contribution in [0, 0.1) is 6.92 Å². The Morgan fingerprint density at radius 3 is 2.72 bits per heavy atom. The van der Waals surface area contributed by atoms with Crippen molar-refractivity contribution in [1.82, 2.24) is 4.68 Å². The molecule has 0 saturated heterocycles. The molecular weight excluding hydrogens is 476 g/mol. The Morgan fingerprint density at radius 2 is 1.83 bits per heavy atom. The number of anilines is 1. The molecule has 0 aliphatic carbocycles. The van der Waals surface area contributed by atoms with Crippen molar-refractivity contribution in [1.29, 1.82) is 0 Å². The SMILES string of the molecule is Cc1cccc(N=c2scc(-c3ccc4c(c3)NC(=O)CO4)n2/N=C\c2ccc3c(c2)OCCO3)c1. The second-order valence-electron chi connectivity index (χ2n) is 8.36. The minimum atomic E-state index is -0.176. The van der Waals surface area contributed by atoms with Crippen molar-refractivity contribution in [2.24, 2.45) is 10.1 Å². The maximum Gasteiger partial charge on any atom is 0.262 e. The van der Waals surface area contributed by atoms with Gasteiger partial charge in [-0.2, -0.15) is 5.10 Å². The molecule has 0 radical (unpaired) electrons. The highest BCUT2D eigenvalue weighted by Gasteiger charge is 2.18. The van der Waals surface area contributed by atoms with Gasteiger partial charge in [0.25, 0.3) is 5.91 Å². The molecule has 3 heterocycles. The number of carbonyl (C=O) groups excluding carboxylic acids is 1. The van der Waals surface area contributed by atoms with Gasteiger partial charge < -0.3 is 19.5 Å². The van der Waals surface area contributed by atoms with E-state index in [0.29, 0.717) is 35.2 Å². The summed E-state index contributed by atoms with van der Waals surface area (Å²) in [6.07, 6.45) is 1.77. The first-order valence-corrected chi connectivity index (χ1v) is 12.3. The van der Waals surface area contributed by atoms with E-state index in [2.05, 4.69) is 5.32 Å². The summed E-state index contributed by atoms with van der Waals surface area (Å²) in [7, 11) is 0. The highest BCUT2D eigenvalue weighted by atomic mass is 32.1. The van der Waals surface area contributed by atoms with Gasteiger partial charge in [-0.3, -0.25) is 4.79 Å².